The first-order valence-corrected chi connectivity index (χ1v) is 8.17. The molecule has 8 nitrogen and oxygen atoms in total. The normalized spacial score (nSPS) is 10.4. The molecule has 2 aromatic carbocycles. The van der Waals surface area contributed by atoms with Crippen molar-refractivity contribution in [3.05, 3.63) is 58.6 Å². The first-order valence-electron chi connectivity index (χ1n) is 7.79. The van der Waals surface area contributed by atoms with Crippen molar-refractivity contribution in [3.63, 3.8) is 0 Å². The Bertz CT molecular complexity index is 898. The molecule has 0 fully saturated rings. The van der Waals surface area contributed by atoms with E-state index < -0.39 is 17.8 Å². The summed E-state index contributed by atoms with van der Waals surface area (Å²) in [5.41, 5.74) is 2.54. The number of hydrazone groups is 1. The van der Waals surface area contributed by atoms with Gasteiger partial charge in [-0.2, -0.15) is 5.10 Å². The number of rotatable bonds is 6. The van der Waals surface area contributed by atoms with Gasteiger partial charge >= 0.3 is 11.8 Å². The third kappa shape index (κ3) is 5.55. The van der Waals surface area contributed by atoms with Crippen molar-refractivity contribution in [2.24, 2.45) is 5.10 Å². The Morgan fingerprint density at radius 3 is 2.59 bits per heavy atom. The molecule has 2 amide bonds. The van der Waals surface area contributed by atoms with E-state index in [1.54, 1.807) is 25.1 Å². The van der Waals surface area contributed by atoms with E-state index >= 15 is 0 Å². The summed E-state index contributed by atoms with van der Waals surface area (Å²) in [6.45, 7) is 2.02. The number of halogens is 1. The van der Waals surface area contributed by atoms with E-state index in [9.17, 15) is 19.5 Å². The number of carbonyl (C=O) groups excluding carboxylic acids is 3. The van der Waals surface area contributed by atoms with E-state index in [0.717, 1.165) is 0 Å². The average molecular weight is 389 g/mol. The minimum Gasteiger partial charge on any atom is -0.545 e. The fraction of sp³-hybridized carbons (Fsp3) is 0.111. The topological polar surface area (TPSA) is 120 Å². The van der Waals surface area contributed by atoms with Gasteiger partial charge in [0.2, 0.25) is 0 Å². The molecule has 2 aromatic rings. The Hall–Kier alpha value is -3.39. The zero-order valence-corrected chi connectivity index (χ0v) is 14.9. The molecule has 0 aliphatic rings. The first kappa shape index (κ1) is 19.9. The maximum Gasteiger partial charge on any atom is 0.329 e. The largest absolute Gasteiger partial charge is 0.545 e. The molecule has 0 radical (unpaired) electrons. The van der Waals surface area contributed by atoms with E-state index in [0.29, 0.717) is 12.2 Å². The number of anilines is 1. The fourth-order valence-electron chi connectivity index (χ4n) is 2.03. The van der Waals surface area contributed by atoms with E-state index in [1.807, 2.05) is 5.43 Å². The molecule has 0 aliphatic heterocycles. The number of amides is 2. The molecule has 2 rings (SSSR count). The lowest BCUT2D eigenvalue weighted by Crippen LogP contribution is -2.32. The van der Waals surface area contributed by atoms with Gasteiger partial charge < -0.3 is 20.0 Å². The Labute approximate surface area is 159 Å². The van der Waals surface area contributed by atoms with Gasteiger partial charge in [0, 0.05) is 5.56 Å². The van der Waals surface area contributed by atoms with Crippen molar-refractivity contribution < 1.29 is 24.2 Å². The lowest BCUT2D eigenvalue weighted by atomic mass is 10.1. The van der Waals surface area contributed by atoms with Crippen LogP contribution in [0, 0.1) is 0 Å². The number of hydrogen-bond acceptors (Lipinski definition) is 6. The van der Waals surface area contributed by atoms with Crippen molar-refractivity contribution in [2.45, 2.75) is 6.92 Å². The van der Waals surface area contributed by atoms with Gasteiger partial charge in [-0.3, -0.25) is 9.59 Å². The van der Waals surface area contributed by atoms with Crippen molar-refractivity contribution in [1.29, 1.82) is 0 Å². The highest BCUT2D eigenvalue weighted by Crippen LogP contribution is 2.20. The van der Waals surface area contributed by atoms with Crippen LogP contribution in [0.5, 0.6) is 5.75 Å². The predicted octanol–water partition coefficient (Wildman–Crippen LogP) is 1.19. The van der Waals surface area contributed by atoms with Crippen LogP contribution in [0.25, 0.3) is 0 Å². The summed E-state index contributed by atoms with van der Waals surface area (Å²) in [5, 5.41) is 17.4. The zero-order chi connectivity index (χ0) is 19.8. The molecule has 9 heteroatoms. The van der Waals surface area contributed by atoms with Gasteiger partial charge in [-0.15, -0.1) is 0 Å². The number of nitrogens with zero attached hydrogens (tertiary/aromatic N) is 1. The molecule has 0 heterocycles. The van der Waals surface area contributed by atoms with Crippen molar-refractivity contribution in [3.8, 4) is 5.75 Å². The molecule has 0 atom stereocenters. The van der Waals surface area contributed by atoms with Crippen LogP contribution < -0.4 is 20.6 Å². The van der Waals surface area contributed by atoms with E-state index in [2.05, 4.69) is 10.4 Å². The Morgan fingerprint density at radius 1 is 1.19 bits per heavy atom. The molecule has 2 N–H and O–H groups in total. The van der Waals surface area contributed by atoms with E-state index in [1.165, 1.54) is 30.5 Å². The number of aromatic carboxylic acids is 1. The second-order valence-electron chi connectivity index (χ2n) is 5.11. The minimum atomic E-state index is -1.41. The maximum absolute atomic E-state index is 11.8. The Morgan fingerprint density at radius 2 is 1.93 bits per heavy atom. The number of para-hydroxylation sites is 1. The third-order valence-electron chi connectivity index (χ3n) is 3.23. The standard InChI is InChI=1S/C18H16ClN3O5/c1-2-27-15-8-7-11(9-12(15)18(25)26)10-20-22-17(24)16(23)21-14-6-4-3-5-13(14)19/h3-10H,2H2,1H3,(H,21,23)(H,22,24)(H,25,26)/p-1/b20-10-. The van der Waals surface area contributed by atoms with Crippen molar-refractivity contribution >= 4 is 41.3 Å². The molecule has 0 unspecified atom stereocenters. The van der Waals surface area contributed by atoms with Gasteiger partial charge in [-0.25, -0.2) is 5.43 Å². The maximum atomic E-state index is 11.8. The second kappa shape index (κ2) is 9.35. The smallest absolute Gasteiger partial charge is 0.329 e. The highest BCUT2D eigenvalue weighted by Gasteiger charge is 2.14. The molecule has 0 bridgehead atoms. The van der Waals surface area contributed by atoms with Gasteiger partial charge in [-0.1, -0.05) is 23.7 Å². The summed E-state index contributed by atoms with van der Waals surface area (Å²) in [6, 6.07) is 10.7. The Kier molecular flexibility index (Phi) is 6.90. The SMILES string of the molecule is CCOc1ccc(/C=N\NC(=O)C(=O)Nc2ccccc2Cl)cc1C(=O)[O-]. The fourth-order valence-corrected chi connectivity index (χ4v) is 2.21. The summed E-state index contributed by atoms with van der Waals surface area (Å²) in [5.74, 6) is -3.21. The monoisotopic (exact) mass is 388 g/mol. The van der Waals surface area contributed by atoms with Gasteiger partial charge in [-0.05, 0) is 42.8 Å². The number of ether oxygens (including phenoxy) is 1. The molecule has 140 valence electrons. The summed E-state index contributed by atoms with van der Waals surface area (Å²) in [7, 11) is 0. The van der Waals surface area contributed by atoms with Crippen LogP contribution in [0.3, 0.4) is 0 Å². The molecular weight excluding hydrogens is 374 g/mol. The minimum absolute atomic E-state index is 0.149. The summed E-state index contributed by atoms with van der Waals surface area (Å²) in [4.78, 5) is 34.7. The lowest BCUT2D eigenvalue weighted by Gasteiger charge is -2.11. The van der Waals surface area contributed by atoms with Crippen LogP contribution in [0.4, 0.5) is 5.69 Å². The van der Waals surface area contributed by atoms with Crippen LogP contribution >= 0.6 is 11.6 Å². The zero-order valence-electron chi connectivity index (χ0n) is 14.2. The lowest BCUT2D eigenvalue weighted by molar-refractivity contribution is -0.255. The van der Waals surface area contributed by atoms with Gasteiger partial charge in [0.15, 0.2) is 0 Å². The molecule has 27 heavy (non-hydrogen) atoms. The van der Waals surface area contributed by atoms with Crippen molar-refractivity contribution in [1.82, 2.24) is 5.43 Å². The highest BCUT2D eigenvalue weighted by molar-refractivity contribution is 6.41. The van der Waals surface area contributed by atoms with E-state index in [-0.39, 0.29) is 22.0 Å². The van der Waals surface area contributed by atoms with Crippen LogP contribution in [0.1, 0.15) is 22.8 Å². The average Bonchev–Trinajstić information content (AvgIpc) is 2.64. The van der Waals surface area contributed by atoms with Crippen LogP contribution in [0.2, 0.25) is 5.02 Å². The number of carbonyl (C=O) groups is 3. The summed E-state index contributed by atoms with van der Waals surface area (Å²) < 4.78 is 5.19. The van der Waals surface area contributed by atoms with Crippen LogP contribution in [0.15, 0.2) is 47.6 Å². The van der Waals surface area contributed by atoms with Gasteiger partial charge in [0.05, 0.1) is 29.5 Å². The molecule has 0 saturated carbocycles. The number of hydrogen-bond donors (Lipinski definition) is 2. The third-order valence-corrected chi connectivity index (χ3v) is 3.56. The number of carboxylic acids is 1. The van der Waals surface area contributed by atoms with Crippen molar-refractivity contribution in [2.75, 3.05) is 11.9 Å². The number of benzene rings is 2. The van der Waals surface area contributed by atoms with E-state index in [4.69, 9.17) is 16.3 Å². The summed E-state index contributed by atoms with van der Waals surface area (Å²) >= 11 is 5.89. The quantitative estimate of drug-likeness (QED) is 0.437. The second-order valence-corrected chi connectivity index (χ2v) is 5.52. The molecule has 0 spiro atoms. The number of carboxylic acid groups (broad SMARTS) is 1. The first-order chi connectivity index (χ1) is 12.9. The Balaban J connectivity index is 2.01. The van der Waals surface area contributed by atoms with Crippen LogP contribution in [-0.2, 0) is 9.59 Å². The molecular formula is C18H15ClN3O5-. The van der Waals surface area contributed by atoms with Gasteiger partial charge in [0.1, 0.15) is 5.75 Å². The summed E-state index contributed by atoms with van der Waals surface area (Å²) in [6.07, 6.45) is 1.18. The molecule has 0 aliphatic carbocycles. The molecule has 0 aromatic heterocycles. The predicted molar refractivity (Wildman–Crippen MR) is 97.8 cm³/mol. The highest BCUT2D eigenvalue weighted by atomic mass is 35.5. The number of nitrogens with one attached hydrogen (secondary N) is 2. The van der Waals surface area contributed by atoms with Gasteiger partial charge in [0.25, 0.3) is 0 Å². The molecule has 0 saturated heterocycles. The van der Waals surface area contributed by atoms with Crippen LogP contribution in [-0.4, -0.2) is 30.6 Å².